The molecule has 0 aliphatic carbocycles. The molecule has 37 heavy (non-hydrogen) atoms. The molecule has 5 nitrogen and oxygen atoms in total. The molecule has 1 atom stereocenters. The number of carbonyl (C=O) groups is 2. The standard InChI is InChI=1S/C29H24ClFN2O3S/c1-18-16-25(26(36-2)17-23(18)30)33-29(35)27(19-8-4-3-5-9-19)37-21-14-12-20(13-15-21)32-28(34)22-10-6-7-11-24(22)31/h3-17,27H,1-2H3,(H,32,34)(H,33,35). The van der Waals surface area contributed by atoms with Crippen molar-refractivity contribution >= 4 is 46.6 Å². The number of anilines is 2. The summed E-state index contributed by atoms with van der Waals surface area (Å²) < 4.78 is 19.3. The van der Waals surface area contributed by atoms with Crippen molar-refractivity contribution in [2.45, 2.75) is 17.1 Å². The highest BCUT2D eigenvalue weighted by Crippen LogP contribution is 2.38. The Morgan fingerprint density at radius 2 is 1.59 bits per heavy atom. The Morgan fingerprint density at radius 1 is 0.919 bits per heavy atom. The summed E-state index contributed by atoms with van der Waals surface area (Å²) in [6.45, 7) is 1.85. The van der Waals surface area contributed by atoms with Crippen LogP contribution in [0.5, 0.6) is 5.75 Å². The van der Waals surface area contributed by atoms with Gasteiger partial charge in [0.05, 0.1) is 18.4 Å². The number of hydrogen-bond donors (Lipinski definition) is 2. The first-order valence-corrected chi connectivity index (χ1v) is 12.6. The Morgan fingerprint density at radius 3 is 2.27 bits per heavy atom. The number of ether oxygens (including phenoxy) is 1. The zero-order chi connectivity index (χ0) is 26.4. The number of amides is 2. The third-order valence-corrected chi connectivity index (χ3v) is 7.24. The first kappa shape index (κ1) is 26.3. The minimum absolute atomic E-state index is 0.0328. The Hall–Kier alpha value is -3.81. The van der Waals surface area contributed by atoms with Crippen LogP contribution < -0.4 is 15.4 Å². The molecule has 188 valence electrons. The number of aryl methyl sites for hydroxylation is 1. The lowest BCUT2D eigenvalue weighted by Gasteiger charge is -2.19. The Bertz CT molecular complexity index is 1410. The van der Waals surface area contributed by atoms with Gasteiger partial charge in [0.25, 0.3) is 5.91 Å². The third-order valence-electron chi connectivity index (χ3n) is 5.56. The van der Waals surface area contributed by atoms with Crippen LogP contribution in [0.15, 0.2) is 95.9 Å². The second kappa shape index (κ2) is 12.0. The van der Waals surface area contributed by atoms with Crippen molar-refractivity contribution in [1.29, 1.82) is 0 Å². The molecule has 2 amide bonds. The number of carbonyl (C=O) groups excluding carboxylic acids is 2. The predicted octanol–water partition coefficient (Wildman–Crippen LogP) is 7.52. The van der Waals surface area contributed by atoms with Gasteiger partial charge in [-0.3, -0.25) is 9.59 Å². The van der Waals surface area contributed by atoms with Crippen LogP contribution in [0.25, 0.3) is 0 Å². The summed E-state index contributed by atoms with van der Waals surface area (Å²) in [4.78, 5) is 26.7. The lowest BCUT2D eigenvalue weighted by atomic mass is 10.1. The quantitative estimate of drug-likeness (QED) is 0.229. The second-order valence-corrected chi connectivity index (χ2v) is 9.74. The van der Waals surface area contributed by atoms with E-state index in [1.807, 2.05) is 37.3 Å². The van der Waals surface area contributed by atoms with Gasteiger partial charge in [0.15, 0.2) is 0 Å². The van der Waals surface area contributed by atoms with E-state index in [1.165, 1.54) is 37.1 Å². The molecule has 0 fully saturated rings. The van der Waals surface area contributed by atoms with Crippen LogP contribution in [-0.2, 0) is 4.79 Å². The molecule has 4 aromatic rings. The molecule has 4 aromatic carbocycles. The van der Waals surface area contributed by atoms with E-state index < -0.39 is 17.0 Å². The number of halogens is 2. The topological polar surface area (TPSA) is 67.4 Å². The smallest absolute Gasteiger partial charge is 0.258 e. The Balaban J connectivity index is 1.53. The highest BCUT2D eigenvalue weighted by molar-refractivity contribution is 8.00. The molecule has 1 unspecified atom stereocenters. The second-order valence-electron chi connectivity index (χ2n) is 8.16. The van der Waals surface area contributed by atoms with Gasteiger partial charge in [-0.05, 0) is 60.5 Å². The zero-order valence-electron chi connectivity index (χ0n) is 20.1. The summed E-state index contributed by atoms with van der Waals surface area (Å²) in [5.74, 6) is -0.882. The van der Waals surface area contributed by atoms with Gasteiger partial charge in [-0.15, -0.1) is 11.8 Å². The minimum atomic E-state index is -0.587. The maximum atomic E-state index is 13.9. The normalized spacial score (nSPS) is 11.5. The fourth-order valence-corrected chi connectivity index (χ4v) is 4.80. The van der Waals surface area contributed by atoms with Crippen LogP contribution in [0.2, 0.25) is 5.02 Å². The number of hydrogen-bond acceptors (Lipinski definition) is 4. The van der Waals surface area contributed by atoms with Crippen LogP contribution in [0.4, 0.5) is 15.8 Å². The molecule has 0 bridgehead atoms. The van der Waals surface area contributed by atoms with Crippen LogP contribution in [-0.4, -0.2) is 18.9 Å². The monoisotopic (exact) mass is 534 g/mol. The fraction of sp³-hybridized carbons (Fsp3) is 0.103. The summed E-state index contributed by atoms with van der Waals surface area (Å²) in [5.41, 5.74) is 2.65. The number of methoxy groups -OCH3 is 1. The van der Waals surface area contributed by atoms with Crippen molar-refractivity contribution in [3.05, 3.63) is 119 Å². The molecule has 0 aliphatic heterocycles. The Labute approximate surface area is 224 Å². The maximum absolute atomic E-state index is 13.9. The minimum Gasteiger partial charge on any atom is -0.495 e. The lowest BCUT2D eigenvalue weighted by Crippen LogP contribution is -2.19. The number of thioether (sulfide) groups is 1. The van der Waals surface area contributed by atoms with Crippen LogP contribution in [0.3, 0.4) is 0 Å². The maximum Gasteiger partial charge on any atom is 0.258 e. The summed E-state index contributed by atoms with van der Waals surface area (Å²) in [6, 6.07) is 25.7. The fourth-order valence-electron chi connectivity index (χ4n) is 3.63. The third kappa shape index (κ3) is 6.50. The first-order valence-electron chi connectivity index (χ1n) is 11.4. The molecule has 0 spiro atoms. The van der Waals surface area contributed by atoms with Crippen molar-refractivity contribution in [3.8, 4) is 5.75 Å². The van der Waals surface area contributed by atoms with E-state index in [0.29, 0.717) is 22.1 Å². The zero-order valence-corrected chi connectivity index (χ0v) is 21.7. The SMILES string of the molecule is COc1cc(Cl)c(C)cc1NC(=O)C(Sc1ccc(NC(=O)c2ccccc2F)cc1)c1ccccc1. The molecule has 0 aliphatic rings. The molecule has 0 saturated carbocycles. The van der Waals surface area contributed by atoms with Gasteiger partial charge in [-0.25, -0.2) is 4.39 Å². The van der Waals surface area contributed by atoms with Gasteiger partial charge >= 0.3 is 0 Å². The van der Waals surface area contributed by atoms with Crippen molar-refractivity contribution in [2.24, 2.45) is 0 Å². The van der Waals surface area contributed by atoms with Crippen molar-refractivity contribution in [1.82, 2.24) is 0 Å². The van der Waals surface area contributed by atoms with Crippen LogP contribution in [0.1, 0.15) is 26.7 Å². The number of nitrogens with one attached hydrogen (secondary N) is 2. The molecular weight excluding hydrogens is 511 g/mol. The van der Waals surface area contributed by atoms with Crippen molar-refractivity contribution in [3.63, 3.8) is 0 Å². The number of benzene rings is 4. The van der Waals surface area contributed by atoms with Gasteiger partial charge in [0.2, 0.25) is 5.91 Å². The van der Waals surface area contributed by atoms with Gasteiger partial charge < -0.3 is 15.4 Å². The molecular formula is C29H24ClFN2O3S. The molecule has 0 saturated heterocycles. The van der Waals surface area contributed by atoms with Crippen LogP contribution in [0, 0.1) is 12.7 Å². The van der Waals surface area contributed by atoms with Gasteiger partial charge in [0.1, 0.15) is 16.8 Å². The average Bonchev–Trinajstić information content (AvgIpc) is 2.90. The summed E-state index contributed by atoms with van der Waals surface area (Å²) >= 11 is 7.58. The summed E-state index contributed by atoms with van der Waals surface area (Å²) in [6.07, 6.45) is 0. The van der Waals surface area contributed by atoms with E-state index in [0.717, 1.165) is 16.0 Å². The van der Waals surface area contributed by atoms with Gasteiger partial charge in [0, 0.05) is 21.7 Å². The molecule has 0 aromatic heterocycles. The van der Waals surface area contributed by atoms with Gasteiger partial charge in [-0.2, -0.15) is 0 Å². The highest BCUT2D eigenvalue weighted by atomic mass is 35.5. The molecule has 0 radical (unpaired) electrons. The molecule has 8 heteroatoms. The Kier molecular flexibility index (Phi) is 8.48. The lowest BCUT2D eigenvalue weighted by molar-refractivity contribution is -0.115. The van der Waals surface area contributed by atoms with Gasteiger partial charge in [-0.1, -0.05) is 54.1 Å². The van der Waals surface area contributed by atoms with E-state index >= 15 is 0 Å². The highest BCUT2D eigenvalue weighted by Gasteiger charge is 2.24. The first-order chi connectivity index (χ1) is 17.9. The van der Waals surface area contributed by atoms with Crippen LogP contribution >= 0.6 is 23.4 Å². The molecule has 4 rings (SSSR count). The van der Waals surface area contributed by atoms with E-state index in [-0.39, 0.29) is 11.5 Å². The summed E-state index contributed by atoms with van der Waals surface area (Å²) in [7, 11) is 1.52. The van der Waals surface area contributed by atoms with Crippen molar-refractivity contribution < 1.29 is 18.7 Å². The van der Waals surface area contributed by atoms with E-state index in [2.05, 4.69) is 10.6 Å². The average molecular weight is 535 g/mol. The largest absolute Gasteiger partial charge is 0.495 e. The van der Waals surface area contributed by atoms with E-state index in [9.17, 15) is 14.0 Å². The van der Waals surface area contributed by atoms with E-state index in [4.69, 9.17) is 16.3 Å². The summed E-state index contributed by atoms with van der Waals surface area (Å²) in [5, 5.41) is 5.65. The molecule has 2 N–H and O–H groups in total. The van der Waals surface area contributed by atoms with E-state index in [1.54, 1.807) is 42.5 Å². The van der Waals surface area contributed by atoms with Crippen molar-refractivity contribution in [2.75, 3.05) is 17.7 Å². The predicted molar refractivity (Wildman–Crippen MR) is 147 cm³/mol. The number of rotatable bonds is 8. The molecule has 0 heterocycles.